The van der Waals surface area contributed by atoms with Crippen LogP contribution in [-0.4, -0.2) is 22.5 Å². The minimum absolute atomic E-state index is 0.629. The SMILES string of the molecule is CSC1CCCCC1Nc1ccncc1C. The van der Waals surface area contributed by atoms with Crippen LogP contribution in [-0.2, 0) is 0 Å². The maximum absolute atomic E-state index is 4.13. The minimum atomic E-state index is 0.629. The smallest absolute Gasteiger partial charge is 0.0403 e. The van der Waals surface area contributed by atoms with Crippen LogP contribution in [0.5, 0.6) is 0 Å². The number of aryl methyl sites for hydroxylation is 1. The molecule has 0 aromatic carbocycles. The Morgan fingerprint density at radius 3 is 2.94 bits per heavy atom. The van der Waals surface area contributed by atoms with Crippen LogP contribution in [0.2, 0.25) is 0 Å². The van der Waals surface area contributed by atoms with E-state index in [1.807, 2.05) is 24.2 Å². The van der Waals surface area contributed by atoms with Crippen molar-refractivity contribution in [2.75, 3.05) is 11.6 Å². The van der Waals surface area contributed by atoms with Crippen LogP contribution in [0.1, 0.15) is 31.2 Å². The van der Waals surface area contributed by atoms with Crippen molar-refractivity contribution in [3.63, 3.8) is 0 Å². The molecule has 16 heavy (non-hydrogen) atoms. The summed E-state index contributed by atoms with van der Waals surface area (Å²) in [6.07, 6.45) is 11.4. The zero-order valence-corrected chi connectivity index (χ0v) is 10.9. The van der Waals surface area contributed by atoms with Crippen molar-refractivity contribution >= 4 is 17.4 Å². The highest BCUT2D eigenvalue weighted by molar-refractivity contribution is 7.99. The molecule has 0 spiro atoms. The van der Waals surface area contributed by atoms with Crippen LogP contribution in [0.4, 0.5) is 5.69 Å². The zero-order valence-electron chi connectivity index (χ0n) is 10.1. The maximum Gasteiger partial charge on any atom is 0.0403 e. The fraction of sp³-hybridized carbons (Fsp3) is 0.615. The Morgan fingerprint density at radius 1 is 1.38 bits per heavy atom. The molecule has 0 amide bonds. The van der Waals surface area contributed by atoms with Gasteiger partial charge in [0.25, 0.3) is 0 Å². The number of nitrogens with zero attached hydrogens (tertiary/aromatic N) is 1. The lowest BCUT2D eigenvalue weighted by Gasteiger charge is -2.32. The summed E-state index contributed by atoms with van der Waals surface area (Å²) in [6.45, 7) is 2.12. The lowest BCUT2D eigenvalue weighted by molar-refractivity contribution is 0.475. The second-order valence-corrected chi connectivity index (χ2v) is 5.58. The summed E-state index contributed by atoms with van der Waals surface area (Å²) < 4.78 is 0. The topological polar surface area (TPSA) is 24.9 Å². The van der Waals surface area contributed by atoms with E-state index in [0.29, 0.717) is 6.04 Å². The molecule has 1 aliphatic rings. The average molecular weight is 236 g/mol. The summed E-state index contributed by atoms with van der Waals surface area (Å²) in [5.74, 6) is 0. The van der Waals surface area contributed by atoms with Gasteiger partial charge in [-0.25, -0.2) is 0 Å². The Labute approximate surface area is 102 Å². The Bertz CT molecular complexity index is 340. The first-order chi connectivity index (χ1) is 7.81. The quantitative estimate of drug-likeness (QED) is 0.869. The molecule has 0 bridgehead atoms. The van der Waals surface area contributed by atoms with Crippen molar-refractivity contribution in [1.29, 1.82) is 0 Å². The molecule has 1 aliphatic carbocycles. The van der Waals surface area contributed by atoms with E-state index in [2.05, 4.69) is 29.5 Å². The van der Waals surface area contributed by atoms with Gasteiger partial charge in [0.1, 0.15) is 0 Å². The van der Waals surface area contributed by atoms with Gasteiger partial charge in [0.05, 0.1) is 0 Å². The molecule has 2 rings (SSSR count). The first kappa shape index (κ1) is 11.8. The molecular weight excluding hydrogens is 216 g/mol. The third-order valence-electron chi connectivity index (χ3n) is 3.37. The molecule has 1 heterocycles. The summed E-state index contributed by atoms with van der Waals surface area (Å²) in [7, 11) is 0. The number of aromatic nitrogens is 1. The molecule has 88 valence electrons. The second-order valence-electron chi connectivity index (χ2n) is 4.50. The van der Waals surface area contributed by atoms with Crippen molar-refractivity contribution in [1.82, 2.24) is 4.98 Å². The van der Waals surface area contributed by atoms with Crippen LogP contribution < -0.4 is 5.32 Å². The molecule has 0 aliphatic heterocycles. The molecular formula is C13H20N2S. The van der Waals surface area contributed by atoms with Gasteiger partial charge in [-0.05, 0) is 37.7 Å². The molecule has 1 N–H and O–H groups in total. The summed E-state index contributed by atoms with van der Waals surface area (Å²) in [4.78, 5) is 4.13. The van der Waals surface area contributed by atoms with Crippen LogP contribution in [0.15, 0.2) is 18.5 Å². The lowest BCUT2D eigenvalue weighted by Crippen LogP contribution is -2.34. The van der Waals surface area contributed by atoms with E-state index < -0.39 is 0 Å². The molecule has 2 atom stereocenters. The highest BCUT2D eigenvalue weighted by Crippen LogP contribution is 2.30. The standard InChI is InChI=1S/C13H20N2S/c1-10-9-14-8-7-11(10)15-12-5-3-4-6-13(12)16-2/h7-9,12-13H,3-6H2,1-2H3,(H,14,15). The first-order valence-corrected chi connectivity index (χ1v) is 7.30. The Kier molecular flexibility index (Phi) is 4.10. The largest absolute Gasteiger partial charge is 0.381 e. The minimum Gasteiger partial charge on any atom is -0.381 e. The van der Waals surface area contributed by atoms with Gasteiger partial charge in [0, 0.05) is 29.4 Å². The van der Waals surface area contributed by atoms with E-state index in [9.17, 15) is 0 Å². The zero-order chi connectivity index (χ0) is 11.4. The van der Waals surface area contributed by atoms with E-state index in [0.717, 1.165) is 5.25 Å². The molecule has 2 unspecified atom stereocenters. The average Bonchev–Trinajstić information content (AvgIpc) is 2.33. The fourth-order valence-corrected chi connectivity index (χ4v) is 3.31. The predicted molar refractivity (Wildman–Crippen MR) is 72.2 cm³/mol. The molecule has 2 nitrogen and oxygen atoms in total. The third kappa shape index (κ3) is 2.70. The lowest BCUT2D eigenvalue weighted by atomic mass is 9.94. The molecule has 0 saturated heterocycles. The summed E-state index contributed by atoms with van der Waals surface area (Å²) in [5, 5.41) is 4.45. The van der Waals surface area contributed by atoms with Crippen molar-refractivity contribution < 1.29 is 0 Å². The fourth-order valence-electron chi connectivity index (χ4n) is 2.38. The number of rotatable bonds is 3. The number of anilines is 1. The normalized spacial score (nSPS) is 25.4. The molecule has 1 fully saturated rings. The summed E-state index contributed by atoms with van der Waals surface area (Å²) in [5.41, 5.74) is 2.49. The Hall–Kier alpha value is -0.700. The van der Waals surface area contributed by atoms with Gasteiger partial charge in [-0.1, -0.05) is 12.8 Å². The maximum atomic E-state index is 4.13. The number of pyridine rings is 1. The highest BCUT2D eigenvalue weighted by Gasteiger charge is 2.24. The van der Waals surface area contributed by atoms with Gasteiger partial charge < -0.3 is 5.32 Å². The number of thioether (sulfide) groups is 1. The van der Waals surface area contributed by atoms with E-state index in [1.165, 1.54) is 36.9 Å². The molecule has 1 saturated carbocycles. The predicted octanol–water partition coefficient (Wildman–Crippen LogP) is 3.48. The van der Waals surface area contributed by atoms with E-state index in [-0.39, 0.29) is 0 Å². The third-order valence-corrected chi connectivity index (χ3v) is 4.54. The van der Waals surface area contributed by atoms with Crippen LogP contribution >= 0.6 is 11.8 Å². The van der Waals surface area contributed by atoms with Gasteiger partial charge in [0.15, 0.2) is 0 Å². The van der Waals surface area contributed by atoms with Crippen molar-refractivity contribution in [2.24, 2.45) is 0 Å². The first-order valence-electron chi connectivity index (χ1n) is 6.01. The van der Waals surface area contributed by atoms with E-state index >= 15 is 0 Å². The van der Waals surface area contributed by atoms with Crippen LogP contribution in [0.25, 0.3) is 0 Å². The Balaban J connectivity index is 2.05. The summed E-state index contributed by atoms with van der Waals surface area (Å²) >= 11 is 2.00. The van der Waals surface area contributed by atoms with E-state index in [4.69, 9.17) is 0 Å². The van der Waals surface area contributed by atoms with Crippen molar-refractivity contribution in [2.45, 2.75) is 43.9 Å². The monoisotopic (exact) mass is 236 g/mol. The van der Waals surface area contributed by atoms with Gasteiger partial charge in [-0.2, -0.15) is 11.8 Å². The van der Waals surface area contributed by atoms with Crippen molar-refractivity contribution in [3.05, 3.63) is 24.0 Å². The van der Waals surface area contributed by atoms with Crippen LogP contribution in [0, 0.1) is 6.92 Å². The van der Waals surface area contributed by atoms with Gasteiger partial charge in [-0.15, -0.1) is 0 Å². The number of nitrogens with one attached hydrogen (secondary N) is 1. The number of hydrogen-bond acceptors (Lipinski definition) is 3. The summed E-state index contributed by atoms with van der Waals surface area (Å²) in [6, 6.07) is 2.71. The highest BCUT2D eigenvalue weighted by atomic mass is 32.2. The second kappa shape index (κ2) is 5.58. The number of hydrogen-bond donors (Lipinski definition) is 1. The molecule has 1 aromatic rings. The molecule has 1 aromatic heterocycles. The van der Waals surface area contributed by atoms with E-state index in [1.54, 1.807) is 0 Å². The van der Waals surface area contributed by atoms with Crippen molar-refractivity contribution in [3.8, 4) is 0 Å². The Morgan fingerprint density at radius 2 is 2.19 bits per heavy atom. The van der Waals surface area contributed by atoms with Gasteiger partial charge in [-0.3, -0.25) is 4.98 Å². The van der Waals surface area contributed by atoms with Crippen LogP contribution in [0.3, 0.4) is 0 Å². The van der Waals surface area contributed by atoms with Gasteiger partial charge in [0.2, 0.25) is 0 Å². The molecule has 3 heteroatoms. The van der Waals surface area contributed by atoms with Gasteiger partial charge >= 0.3 is 0 Å². The molecule has 0 radical (unpaired) electrons.